The molecule has 0 amide bonds. The number of hydrogen-bond acceptors (Lipinski definition) is 6. The van der Waals surface area contributed by atoms with Gasteiger partial charge in [0.05, 0.1) is 18.1 Å². The summed E-state index contributed by atoms with van der Waals surface area (Å²) in [5.74, 6) is 1.23. The summed E-state index contributed by atoms with van der Waals surface area (Å²) in [6.45, 7) is 4.43. The van der Waals surface area contributed by atoms with Crippen molar-refractivity contribution in [3.63, 3.8) is 0 Å². The maximum absolute atomic E-state index is 11.6. The standard InChI is InChI=1S/C20H25N3O4.ClH/c1-14-10-22(12-17(14)21)11-16-8-19(26-2)20(9-18(16)23(24)25)27-13-15-6-4-3-5-7-15;/h3-9,14,17H,10-13,21H2,1-2H3;1H. The minimum absolute atomic E-state index is 0. The molecule has 2 unspecified atom stereocenters. The average Bonchev–Trinajstić information content (AvgIpc) is 2.98. The molecule has 8 heteroatoms. The Bertz CT molecular complexity index is 794. The number of hydrogen-bond donors (Lipinski definition) is 1. The Labute approximate surface area is 171 Å². The van der Waals surface area contributed by atoms with Gasteiger partial charge < -0.3 is 15.2 Å². The monoisotopic (exact) mass is 407 g/mol. The Morgan fingerprint density at radius 2 is 1.93 bits per heavy atom. The van der Waals surface area contributed by atoms with Gasteiger partial charge in [0.25, 0.3) is 5.69 Å². The van der Waals surface area contributed by atoms with E-state index in [0.29, 0.717) is 36.1 Å². The van der Waals surface area contributed by atoms with E-state index in [0.717, 1.165) is 18.7 Å². The quantitative estimate of drug-likeness (QED) is 0.558. The molecule has 3 rings (SSSR count). The van der Waals surface area contributed by atoms with Crippen molar-refractivity contribution < 1.29 is 14.4 Å². The summed E-state index contributed by atoms with van der Waals surface area (Å²) in [5, 5.41) is 11.6. The van der Waals surface area contributed by atoms with Crippen LogP contribution in [-0.2, 0) is 13.2 Å². The highest BCUT2D eigenvalue weighted by molar-refractivity contribution is 5.85. The Morgan fingerprint density at radius 1 is 1.21 bits per heavy atom. The van der Waals surface area contributed by atoms with Gasteiger partial charge >= 0.3 is 0 Å². The van der Waals surface area contributed by atoms with E-state index in [4.69, 9.17) is 15.2 Å². The van der Waals surface area contributed by atoms with Gasteiger partial charge in [-0.15, -0.1) is 12.4 Å². The van der Waals surface area contributed by atoms with Crippen LogP contribution in [-0.4, -0.2) is 36.1 Å². The number of likely N-dealkylation sites (tertiary alicyclic amines) is 1. The van der Waals surface area contributed by atoms with E-state index >= 15 is 0 Å². The zero-order chi connectivity index (χ0) is 19.4. The highest BCUT2D eigenvalue weighted by atomic mass is 35.5. The van der Waals surface area contributed by atoms with Crippen LogP contribution in [0.3, 0.4) is 0 Å². The second-order valence-electron chi connectivity index (χ2n) is 7.00. The first-order valence-corrected chi connectivity index (χ1v) is 8.98. The number of nitro groups is 1. The van der Waals surface area contributed by atoms with Gasteiger partial charge in [-0.1, -0.05) is 37.3 Å². The number of benzene rings is 2. The highest BCUT2D eigenvalue weighted by Crippen LogP contribution is 2.36. The fourth-order valence-corrected chi connectivity index (χ4v) is 3.36. The molecule has 1 saturated heterocycles. The highest BCUT2D eigenvalue weighted by Gasteiger charge is 2.29. The lowest BCUT2D eigenvalue weighted by molar-refractivity contribution is -0.385. The van der Waals surface area contributed by atoms with Crippen molar-refractivity contribution in [1.29, 1.82) is 0 Å². The summed E-state index contributed by atoms with van der Waals surface area (Å²) in [6, 6.07) is 12.9. The molecule has 2 atom stereocenters. The van der Waals surface area contributed by atoms with Crippen molar-refractivity contribution in [2.45, 2.75) is 26.1 Å². The largest absolute Gasteiger partial charge is 0.493 e. The van der Waals surface area contributed by atoms with Gasteiger partial charge in [0.2, 0.25) is 0 Å². The summed E-state index contributed by atoms with van der Waals surface area (Å²) in [6.07, 6.45) is 0. The van der Waals surface area contributed by atoms with Gasteiger partial charge in [0.1, 0.15) is 6.61 Å². The summed E-state index contributed by atoms with van der Waals surface area (Å²) >= 11 is 0. The lowest BCUT2D eigenvalue weighted by Crippen LogP contribution is -2.28. The van der Waals surface area contributed by atoms with Gasteiger partial charge in [0.15, 0.2) is 11.5 Å². The van der Waals surface area contributed by atoms with Crippen LogP contribution in [0.25, 0.3) is 0 Å². The molecule has 0 bridgehead atoms. The van der Waals surface area contributed by atoms with Crippen molar-refractivity contribution >= 4 is 18.1 Å². The third-order valence-electron chi connectivity index (χ3n) is 4.94. The van der Waals surface area contributed by atoms with E-state index in [9.17, 15) is 10.1 Å². The van der Waals surface area contributed by atoms with Crippen LogP contribution in [0.15, 0.2) is 42.5 Å². The number of rotatable bonds is 7. The smallest absolute Gasteiger partial charge is 0.277 e. The van der Waals surface area contributed by atoms with Crippen LogP contribution in [0.5, 0.6) is 11.5 Å². The number of nitrogens with two attached hydrogens (primary N) is 1. The molecule has 1 fully saturated rings. The Kier molecular flexibility index (Phi) is 7.62. The summed E-state index contributed by atoms with van der Waals surface area (Å²) in [4.78, 5) is 13.4. The molecule has 28 heavy (non-hydrogen) atoms. The van der Waals surface area contributed by atoms with E-state index in [1.54, 1.807) is 6.07 Å². The van der Waals surface area contributed by atoms with Crippen LogP contribution in [0.2, 0.25) is 0 Å². The summed E-state index contributed by atoms with van der Waals surface area (Å²) < 4.78 is 11.2. The van der Waals surface area contributed by atoms with Crippen molar-refractivity contribution in [2.24, 2.45) is 11.7 Å². The molecule has 0 spiro atoms. The fourth-order valence-electron chi connectivity index (χ4n) is 3.36. The SMILES string of the molecule is COc1cc(CN2CC(C)C(N)C2)c([N+](=O)[O-])cc1OCc1ccccc1.Cl. The normalized spacial score (nSPS) is 19.1. The molecule has 7 nitrogen and oxygen atoms in total. The molecular weight excluding hydrogens is 382 g/mol. The zero-order valence-corrected chi connectivity index (χ0v) is 16.9. The topological polar surface area (TPSA) is 90.9 Å². The number of methoxy groups -OCH3 is 1. The molecule has 1 aliphatic rings. The zero-order valence-electron chi connectivity index (χ0n) is 16.0. The first-order chi connectivity index (χ1) is 13.0. The van der Waals surface area contributed by atoms with Crippen LogP contribution >= 0.6 is 12.4 Å². The third kappa shape index (κ3) is 5.13. The van der Waals surface area contributed by atoms with E-state index in [-0.39, 0.29) is 29.1 Å². The minimum Gasteiger partial charge on any atom is -0.493 e. The minimum atomic E-state index is -0.371. The third-order valence-corrected chi connectivity index (χ3v) is 4.94. The van der Waals surface area contributed by atoms with Gasteiger partial charge in [-0.2, -0.15) is 0 Å². The molecule has 0 aliphatic carbocycles. The molecule has 1 aliphatic heterocycles. The molecule has 0 aromatic heterocycles. The number of nitrogens with zero attached hydrogens (tertiary/aromatic N) is 2. The molecular formula is C20H26ClN3O4. The van der Waals surface area contributed by atoms with Crippen LogP contribution < -0.4 is 15.2 Å². The first-order valence-electron chi connectivity index (χ1n) is 8.98. The Morgan fingerprint density at radius 3 is 2.50 bits per heavy atom. The van der Waals surface area contributed by atoms with Gasteiger partial charge in [0, 0.05) is 31.2 Å². The summed E-state index contributed by atoms with van der Waals surface area (Å²) in [7, 11) is 1.54. The van der Waals surface area contributed by atoms with Crippen molar-refractivity contribution in [2.75, 3.05) is 20.2 Å². The van der Waals surface area contributed by atoms with Crippen molar-refractivity contribution in [3.05, 3.63) is 63.7 Å². The lowest BCUT2D eigenvalue weighted by Gasteiger charge is -2.17. The van der Waals surface area contributed by atoms with E-state index in [1.165, 1.54) is 13.2 Å². The van der Waals surface area contributed by atoms with E-state index < -0.39 is 0 Å². The Hall–Kier alpha value is -2.35. The van der Waals surface area contributed by atoms with Crippen LogP contribution in [0.4, 0.5) is 5.69 Å². The fraction of sp³-hybridized carbons (Fsp3) is 0.400. The van der Waals surface area contributed by atoms with Gasteiger partial charge in [-0.05, 0) is 17.5 Å². The van der Waals surface area contributed by atoms with E-state index in [1.807, 2.05) is 30.3 Å². The number of ether oxygens (including phenoxy) is 2. The molecule has 2 aromatic rings. The first kappa shape index (κ1) is 21.9. The molecule has 2 N–H and O–H groups in total. The van der Waals surface area contributed by atoms with Crippen LogP contribution in [0.1, 0.15) is 18.1 Å². The maximum atomic E-state index is 11.6. The molecule has 0 radical (unpaired) electrons. The summed E-state index contributed by atoms with van der Waals surface area (Å²) in [5.41, 5.74) is 7.69. The van der Waals surface area contributed by atoms with E-state index in [2.05, 4.69) is 11.8 Å². The molecule has 0 saturated carbocycles. The molecule has 1 heterocycles. The average molecular weight is 408 g/mol. The van der Waals surface area contributed by atoms with Crippen LogP contribution in [0, 0.1) is 16.0 Å². The predicted octanol–water partition coefficient (Wildman–Crippen LogP) is 3.38. The number of halogens is 1. The Balaban J connectivity index is 0.00000280. The second kappa shape index (κ2) is 9.73. The lowest BCUT2D eigenvalue weighted by atomic mass is 10.1. The maximum Gasteiger partial charge on any atom is 0.277 e. The second-order valence-corrected chi connectivity index (χ2v) is 7.00. The van der Waals surface area contributed by atoms with Gasteiger partial charge in [-0.25, -0.2) is 0 Å². The van der Waals surface area contributed by atoms with Crippen molar-refractivity contribution in [3.8, 4) is 11.5 Å². The van der Waals surface area contributed by atoms with Gasteiger partial charge in [-0.3, -0.25) is 15.0 Å². The van der Waals surface area contributed by atoms with Crippen molar-refractivity contribution in [1.82, 2.24) is 4.90 Å². The number of nitro benzene ring substituents is 1. The predicted molar refractivity (Wildman–Crippen MR) is 110 cm³/mol. The molecule has 152 valence electrons. The molecule has 2 aromatic carbocycles.